The number of carbonyl (C=O) groups excluding carboxylic acids is 2. The second-order valence-electron chi connectivity index (χ2n) is 11.1. The van der Waals surface area contributed by atoms with Crippen molar-refractivity contribution in [1.82, 2.24) is 14.7 Å². The zero-order valence-corrected chi connectivity index (χ0v) is 24.4. The fourth-order valence-electron chi connectivity index (χ4n) is 5.87. The molecule has 1 aliphatic carbocycles. The van der Waals surface area contributed by atoms with Crippen molar-refractivity contribution in [2.75, 3.05) is 0 Å². The normalized spacial score (nSPS) is 16.8. The first-order valence-corrected chi connectivity index (χ1v) is 14.8. The molecule has 7 nitrogen and oxygen atoms in total. The van der Waals surface area contributed by atoms with Crippen molar-refractivity contribution in [2.24, 2.45) is 0 Å². The molecule has 1 aliphatic heterocycles. The number of imide groups is 1. The Hall–Kier alpha value is -5.29. The lowest BCUT2D eigenvalue weighted by atomic mass is 9.88. The van der Waals surface area contributed by atoms with E-state index in [1.54, 1.807) is 41.9 Å². The second-order valence-corrected chi connectivity index (χ2v) is 11.1. The lowest BCUT2D eigenvalue weighted by molar-refractivity contribution is -0.143. The van der Waals surface area contributed by atoms with Gasteiger partial charge in [0.25, 0.3) is 11.8 Å². The van der Waals surface area contributed by atoms with E-state index in [0.717, 1.165) is 43.4 Å². The average Bonchev–Trinajstić information content (AvgIpc) is 3.48. The van der Waals surface area contributed by atoms with Gasteiger partial charge in [0, 0.05) is 34.5 Å². The molecule has 3 aromatic carbocycles. The Morgan fingerprint density at radius 2 is 1.73 bits per heavy atom. The Labute approximate surface area is 255 Å². The summed E-state index contributed by atoms with van der Waals surface area (Å²) in [6.45, 7) is 1.71. The van der Waals surface area contributed by atoms with Crippen LogP contribution in [0.5, 0.6) is 5.75 Å². The molecule has 8 heteroatoms. The summed E-state index contributed by atoms with van der Waals surface area (Å²) in [7, 11) is 0. The molecule has 0 radical (unpaired) electrons. The summed E-state index contributed by atoms with van der Waals surface area (Å²) in [4.78, 5) is 28.6. The molecule has 0 bridgehead atoms. The molecule has 0 saturated heterocycles. The van der Waals surface area contributed by atoms with Crippen molar-refractivity contribution in [2.45, 2.75) is 51.7 Å². The summed E-state index contributed by atoms with van der Waals surface area (Å²) in [5.74, 6) is -0.709. The van der Waals surface area contributed by atoms with E-state index in [4.69, 9.17) is 9.84 Å². The van der Waals surface area contributed by atoms with E-state index < -0.39 is 11.8 Å². The van der Waals surface area contributed by atoms with Crippen LogP contribution in [0.4, 0.5) is 4.39 Å². The van der Waals surface area contributed by atoms with Crippen LogP contribution in [0.15, 0.2) is 102 Å². The summed E-state index contributed by atoms with van der Waals surface area (Å²) in [6, 6.07) is 25.2. The van der Waals surface area contributed by atoms with Crippen molar-refractivity contribution in [1.29, 1.82) is 5.26 Å². The second kappa shape index (κ2) is 12.5. The maximum atomic E-state index is 14.2. The van der Waals surface area contributed by atoms with Gasteiger partial charge in [-0.2, -0.15) is 10.4 Å². The summed E-state index contributed by atoms with van der Waals surface area (Å²) in [5.41, 5.74) is 3.85. The molecule has 4 aromatic rings. The number of nitrogens with zero attached hydrogens (tertiary/aromatic N) is 4. The molecular formula is C36H31FN4O3. The Morgan fingerprint density at radius 3 is 2.48 bits per heavy atom. The summed E-state index contributed by atoms with van der Waals surface area (Å²) in [6.07, 6.45) is 7.98. The van der Waals surface area contributed by atoms with Crippen LogP contribution < -0.4 is 4.74 Å². The fraction of sp³-hybridized carbons (Fsp3) is 0.222. The molecule has 1 fully saturated rings. The summed E-state index contributed by atoms with van der Waals surface area (Å²) < 4.78 is 21.9. The van der Waals surface area contributed by atoms with Crippen LogP contribution in [0.25, 0.3) is 23.0 Å². The number of hydrogen-bond acceptors (Lipinski definition) is 5. The van der Waals surface area contributed by atoms with Crippen LogP contribution in [0.2, 0.25) is 0 Å². The number of hydrogen-bond donors (Lipinski definition) is 0. The number of benzene rings is 3. The van der Waals surface area contributed by atoms with Gasteiger partial charge in [-0.25, -0.2) is 9.07 Å². The molecule has 44 heavy (non-hydrogen) atoms. The van der Waals surface area contributed by atoms with Gasteiger partial charge in [0.1, 0.15) is 35.5 Å². The van der Waals surface area contributed by atoms with Gasteiger partial charge in [-0.3, -0.25) is 14.5 Å². The molecule has 2 heterocycles. The molecule has 0 unspecified atom stereocenters. The van der Waals surface area contributed by atoms with Crippen LogP contribution >= 0.6 is 0 Å². The number of ether oxygens (including phenoxy) is 1. The van der Waals surface area contributed by atoms with Crippen LogP contribution in [0.3, 0.4) is 0 Å². The molecule has 2 amide bonds. The number of halogens is 1. The van der Waals surface area contributed by atoms with E-state index in [-0.39, 0.29) is 24.0 Å². The van der Waals surface area contributed by atoms with Gasteiger partial charge in [-0.1, -0.05) is 67.8 Å². The van der Waals surface area contributed by atoms with Crippen molar-refractivity contribution in [3.8, 4) is 28.8 Å². The first-order chi connectivity index (χ1) is 21.4. The molecule has 1 aromatic heterocycles. The van der Waals surface area contributed by atoms with Crippen LogP contribution in [-0.2, 0) is 16.2 Å². The van der Waals surface area contributed by atoms with Gasteiger partial charge in [0.2, 0.25) is 0 Å². The number of amides is 2. The van der Waals surface area contributed by atoms with Crippen LogP contribution in [0, 0.1) is 17.1 Å². The molecule has 0 spiro atoms. The molecular weight excluding hydrogens is 555 g/mol. The minimum atomic E-state index is -0.515. The highest BCUT2D eigenvalue weighted by molar-refractivity contribution is 6.20. The van der Waals surface area contributed by atoms with E-state index in [1.807, 2.05) is 54.7 Å². The molecule has 0 atom stereocenters. The number of carbonyl (C=O) groups is 2. The molecule has 220 valence electrons. The predicted octanol–water partition coefficient (Wildman–Crippen LogP) is 7.18. The van der Waals surface area contributed by atoms with Gasteiger partial charge >= 0.3 is 0 Å². The Balaban J connectivity index is 1.43. The van der Waals surface area contributed by atoms with Gasteiger partial charge in [0.15, 0.2) is 0 Å². The van der Waals surface area contributed by atoms with E-state index in [0.29, 0.717) is 33.7 Å². The number of aromatic nitrogens is 2. The lowest BCUT2D eigenvalue weighted by Crippen LogP contribution is -2.49. The highest BCUT2D eigenvalue weighted by Gasteiger charge is 2.40. The Bertz CT molecular complexity index is 1830. The monoisotopic (exact) mass is 586 g/mol. The van der Waals surface area contributed by atoms with E-state index >= 15 is 0 Å². The SMILES string of the molecule is CC1=C(C#N)C(=O)N(C2CCCCC2)C(=O)/C1=C/c1cn(-c2ccccc2)nc1-c1cccc(OCc2ccccc2F)c1. The van der Waals surface area contributed by atoms with Crippen molar-refractivity contribution in [3.63, 3.8) is 0 Å². The first-order valence-electron chi connectivity index (χ1n) is 14.8. The molecule has 1 saturated carbocycles. The van der Waals surface area contributed by atoms with Crippen LogP contribution in [0.1, 0.15) is 50.2 Å². The topological polar surface area (TPSA) is 88.2 Å². The highest BCUT2D eigenvalue weighted by atomic mass is 19.1. The minimum absolute atomic E-state index is 0.0121. The van der Waals surface area contributed by atoms with Gasteiger partial charge in [0.05, 0.1) is 5.69 Å². The molecule has 2 aliphatic rings. The van der Waals surface area contributed by atoms with Gasteiger partial charge in [-0.15, -0.1) is 0 Å². The minimum Gasteiger partial charge on any atom is -0.489 e. The number of rotatable bonds is 7. The third-order valence-corrected chi connectivity index (χ3v) is 8.24. The quantitative estimate of drug-likeness (QED) is 0.169. The van der Waals surface area contributed by atoms with Gasteiger partial charge < -0.3 is 4.74 Å². The lowest BCUT2D eigenvalue weighted by Gasteiger charge is -2.36. The summed E-state index contributed by atoms with van der Waals surface area (Å²) >= 11 is 0. The summed E-state index contributed by atoms with van der Waals surface area (Å²) in [5, 5.41) is 14.8. The third kappa shape index (κ3) is 5.69. The largest absolute Gasteiger partial charge is 0.489 e. The molecule has 0 N–H and O–H groups in total. The van der Waals surface area contributed by atoms with Crippen molar-refractivity contribution in [3.05, 3.63) is 119 Å². The maximum Gasteiger partial charge on any atom is 0.271 e. The standard InChI is InChI=1S/C36H31FN4O3/c1-24-31(35(42)41(36(43)32(24)21-38)29-15-6-3-7-16-29)20-27-22-40(28-13-4-2-5-14-28)39-34(27)25-12-10-17-30(19-25)44-23-26-11-8-9-18-33(26)37/h2,4-5,8-14,17-20,22,29H,3,6-7,15-16,23H2,1H3/b31-20+. The highest BCUT2D eigenvalue weighted by Crippen LogP contribution is 2.35. The molecule has 6 rings (SSSR count). The zero-order valence-electron chi connectivity index (χ0n) is 24.4. The van der Waals surface area contributed by atoms with E-state index in [9.17, 15) is 19.2 Å². The maximum absolute atomic E-state index is 14.2. The smallest absolute Gasteiger partial charge is 0.271 e. The number of para-hydroxylation sites is 1. The van der Waals surface area contributed by atoms with E-state index in [2.05, 4.69) is 6.07 Å². The zero-order chi connectivity index (χ0) is 30.6. The Kier molecular flexibility index (Phi) is 8.20. The van der Waals surface area contributed by atoms with Crippen molar-refractivity contribution >= 4 is 17.9 Å². The average molecular weight is 587 g/mol. The fourth-order valence-corrected chi connectivity index (χ4v) is 5.87. The third-order valence-electron chi connectivity index (χ3n) is 8.24. The number of nitriles is 1. The first kappa shape index (κ1) is 28.8. The van der Waals surface area contributed by atoms with Crippen LogP contribution in [-0.4, -0.2) is 32.5 Å². The Morgan fingerprint density at radius 1 is 0.977 bits per heavy atom. The van der Waals surface area contributed by atoms with E-state index in [1.165, 1.54) is 11.0 Å². The predicted molar refractivity (Wildman–Crippen MR) is 165 cm³/mol. The van der Waals surface area contributed by atoms with Crippen molar-refractivity contribution < 1.29 is 18.7 Å². The van der Waals surface area contributed by atoms with Gasteiger partial charge in [-0.05, 0) is 61.7 Å².